The number of halogens is 1. The van der Waals surface area contributed by atoms with Crippen LogP contribution in [0, 0.1) is 0 Å². The molecule has 0 saturated heterocycles. The van der Waals surface area contributed by atoms with Crippen molar-refractivity contribution in [1.29, 1.82) is 0 Å². The summed E-state index contributed by atoms with van der Waals surface area (Å²) in [5.41, 5.74) is 0.253. The van der Waals surface area contributed by atoms with Crippen LogP contribution in [0.15, 0.2) is 12.3 Å². The van der Waals surface area contributed by atoms with Crippen molar-refractivity contribution in [2.75, 3.05) is 0 Å². The highest BCUT2D eigenvalue weighted by atomic mass is 35.5. The first kappa shape index (κ1) is 17.0. The summed E-state index contributed by atoms with van der Waals surface area (Å²) in [7, 11) is 0. The number of hydrogen-bond donors (Lipinski definition) is 3. The van der Waals surface area contributed by atoms with Crippen molar-refractivity contribution in [3.8, 4) is 0 Å². The third-order valence-electron chi connectivity index (χ3n) is 2.81. The molecule has 1 heterocycles. The highest BCUT2D eigenvalue weighted by Crippen LogP contribution is 2.15. The molecule has 0 aliphatic rings. The fourth-order valence-corrected chi connectivity index (χ4v) is 2.07. The van der Waals surface area contributed by atoms with Gasteiger partial charge in [-0.05, 0) is 18.9 Å². The minimum absolute atomic E-state index is 0.182. The molecule has 3 N–H and O–H groups in total. The van der Waals surface area contributed by atoms with Crippen LogP contribution in [-0.4, -0.2) is 38.7 Å². The van der Waals surface area contributed by atoms with Gasteiger partial charge in [0.1, 0.15) is 11.7 Å². The van der Waals surface area contributed by atoms with Crippen molar-refractivity contribution in [3.63, 3.8) is 0 Å². The van der Waals surface area contributed by atoms with Gasteiger partial charge in [-0.2, -0.15) is 0 Å². The van der Waals surface area contributed by atoms with Gasteiger partial charge in [-0.25, -0.2) is 4.79 Å². The minimum Gasteiger partial charge on any atom is -0.481 e. The zero-order chi connectivity index (χ0) is 16.0. The maximum absolute atomic E-state index is 12.1. The van der Waals surface area contributed by atoms with E-state index in [0.29, 0.717) is 11.6 Å². The third kappa shape index (κ3) is 5.11. The van der Waals surface area contributed by atoms with Crippen LogP contribution in [0.3, 0.4) is 0 Å². The Bertz CT molecular complexity index is 541. The Morgan fingerprint density at radius 3 is 2.57 bits per heavy atom. The first-order valence-electron chi connectivity index (χ1n) is 6.46. The molecule has 1 amide bonds. The number of carboxylic acid groups (broad SMARTS) is 2. The van der Waals surface area contributed by atoms with Crippen molar-refractivity contribution < 1.29 is 24.6 Å². The molecule has 1 aromatic heterocycles. The van der Waals surface area contributed by atoms with Gasteiger partial charge in [0.15, 0.2) is 0 Å². The number of aryl methyl sites for hydroxylation is 1. The fourth-order valence-electron chi connectivity index (χ4n) is 1.85. The van der Waals surface area contributed by atoms with E-state index < -0.39 is 23.9 Å². The van der Waals surface area contributed by atoms with E-state index >= 15 is 0 Å². The molecule has 0 saturated carbocycles. The molecule has 21 heavy (non-hydrogen) atoms. The van der Waals surface area contributed by atoms with Gasteiger partial charge in [-0.15, -0.1) is 0 Å². The smallest absolute Gasteiger partial charge is 0.326 e. The van der Waals surface area contributed by atoms with E-state index in [1.54, 1.807) is 10.8 Å². The van der Waals surface area contributed by atoms with Crippen molar-refractivity contribution in [2.45, 2.75) is 38.8 Å². The van der Waals surface area contributed by atoms with Gasteiger partial charge >= 0.3 is 11.9 Å². The maximum atomic E-state index is 12.1. The molecular weight excluding hydrogens is 300 g/mol. The van der Waals surface area contributed by atoms with Crippen molar-refractivity contribution in [1.82, 2.24) is 9.88 Å². The normalized spacial score (nSPS) is 11.9. The van der Waals surface area contributed by atoms with Crippen molar-refractivity contribution in [2.24, 2.45) is 0 Å². The molecule has 1 atom stereocenters. The van der Waals surface area contributed by atoms with Crippen LogP contribution in [0.25, 0.3) is 0 Å². The van der Waals surface area contributed by atoms with Crippen LogP contribution in [-0.2, 0) is 16.1 Å². The first-order valence-corrected chi connectivity index (χ1v) is 6.84. The zero-order valence-corrected chi connectivity index (χ0v) is 12.3. The lowest BCUT2D eigenvalue weighted by molar-refractivity contribution is -0.140. The van der Waals surface area contributed by atoms with Gasteiger partial charge in [-0.3, -0.25) is 9.59 Å². The molecule has 0 aliphatic heterocycles. The second kappa shape index (κ2) is 7.68. The summed E-state index contributed by atoms with van der Waals surface area (Å²) in [5, 5.41) is 20.3. The van der Waals surface area contributed by atoms with Gasteiger partial charge in [0.05, 0.1) is 5.02 Å². The van der Waals surface area contributed by atoms with Crippen molar-refractivity contribution in [3.05, 3.63) is 23.0 Å². The molecular formula is C13H17ClN2O5. The lowest BCUT2D eigenvalue weighted by Gasteiger charge is -2.14. The highest BCUT2D eigenvalue weighted by molar-refractivity contribution is 6.31. The predicted octanol–water partition coefficient (Wildman–Crippen LogP) is 1.60. The van der Waals surface area contributed by atoms with E-state index in [4.69, 9.17) is 21.8 Å². The van der Waals surface area contributed by atoms with E-state index in [-0.39, 0.29) is 18.5 Å². The summed E-state index contributed by atoms with van der Waals surface area (Å²) >= 11 is 5.85. The van der Waals surface area contributed by atoms with Crippen LogP contribution in [0.2, 0.25) is 5.02 Å². The molecule has 1 rings (SSSR count). The first-order chi connectivity index (χ1) is 9.85. The lowest BCUT2D eigenvalue weighted by Crippen LogP contribution is -2.41. The Hall–Kier alpha value is -2.02. The van der Waals surface area contributed by atoms with Crippen LogP contribution in [0.5, 0.6) is 0 Å². The Labute approximate surface area is 126 Å². The summed E-state index contributed by atoms with van der Waals surface area (Å²) in [4.78, 5) is 33.7. The highest BCUT2D eigenvalue weighted by Gasteiger charge is 2.23. The van der Waals surface area contributed by atoms with Crippen LogP contribution < -0.4 is 5.32 Å². The zero-order valence-electron chi connectivity index (χ0n) is 11.5. The molecule has 8 heteroatoms. The lowest BCUT2D eigenvalue weighted by atomic mass is 10.1. The average molecular weight is 317 g/mol. The number of nitrogens with one attached hydrogen (secondary N) is 1. The molecule has 0 fully saturated rings. The van der Waals surface area contributed by atoms with E-state index in [9.17, 15) is 14.4 Å². The topological polar surface area (TPSA) is 109 Å². The molecule has 0 aromatic carbocycles. The SMILES string of the molecule is CCCn1cc(Cl)cc1C(=O)N[C@@H](CCC(=O)O)C(=O)O. The van der Waals surface area contributed by atoms with Gasteiger partial charge in [0.2, 0.25) is 0 Å². The summed E-state index contributed by atoms with van der Waals surface area (Å²) in [6, 6.07) is 0.195. The van der Waals surface area contributed by atoms with Crippen LogP contribution in [0.1, 0.15) is 36.7 Å². The van der Waals surface area contributed by atoms with E-state index in [1.165, 1.54) is 6.07 Å². The number of amides is 1. The molecule has 0 unspecified atom stereocenters. The second-order valence-electron chi connectivity index (χ2n) is 4.53. The van der Waals surface area contributed by atoms with E-state index in [2.05, 4.69) is 5.32 Å². The van der Waals surface area contributed by atoms with E-state index in [1.807, 2.05) is 6.92 Å². The Balaban J connectivity index is 2.81. The molecule has 0 aliphatic carbocycles. The number of carbonyl (C=O) groups is 3. The van der Waals surface area contributed by atoms with Crippen LogP contribution in [0.4, 0.5) is 0 Å². The monoisotopic (exact) mass is 316 g/mol. The Kier molecular flexibility index (Phi) is 6.23. The number of aromatic nitrogens is 1. The number of carboxylic acids is 2. The summed E-state index contributed by atoms with van der Waals surface area (Å²) in [6.45, 7) is 2.50. The number of carbonyl (C=O) groups excluding carboxylic acids is 1. The maximum Gasteiger partial charge on any atom is 0.326 e. The molecule has 116 valence electrons. The molecule has 7 nitrogen and oxygen atoms in total. The minimum atomic E-state index is -1.27. The quantitative estimate of drug-likeness (QED) is 0.675. The van der Waals surface area contributed by atoms with Gasteiger partial charge in [0, 0.05) is 19.2 Å². The number of rotatable bonds is 8. The average Bonchev–Trinajstić information content (AvgIpc) is 2.75. The van der Waals surface area contributed by atoms with Gasteiger partial charge < -0.3 is 20.1 Å². The number of nitrogens with zero attached hydrogens (tertiary/aromatic N) is 1. The standard InChI is InChI=1S/C13H17ClN2O5/c1-2-5-16-7-8(14)6-10(16)12(19)15-9(13(20)21)3-4-11(17)18/h6-7,9H,2-5H2,1H3,(H,15,19)(H,17,18)(H,20,21)/t9-/m0/s1. The Morgan fingerprint density at radius 1 is 1.38 bits per heavy atom. The molecule has 1 aromatic rings. The molecule has 0 radical (unpaired) electrons. The summed E-state index contributed by atoms with van der Waals surface area (Å²) in [6.07, 6.45) is 1.85. The third-order valence-corrected chi connectivity index (χ3v) is 3.02. The summed E-state index contributed by atoms with van der Waals surface area (Å²) in [5.74, 6) is -2.98. The molecule has 0 bridgehead atoms. The largest absolute Gasteiger partial charge is 0.481 e. The van der Waals surface area contributed by atoms with Gasteiger partial charge in [-0.1, -0.05) is 18.5 Å². The second-order valence-corrected chi connectivity index (χ2v) is 4.97. The number of hydrogen-bond acceptors (Lipinski definition) is 3. The molecule has 0 spiro atoms. The number of aliphatic carboxylic acids is 2. The van der Waals surface area contributed by atoms with Crippen molar-refractivity contribution >= 4 is 29.4 Å². The van der Waals surface area contributed by atoms with Crippen LogP contribution >= 0.6 is 11.6 Å². The Morgan fingerprint density at radius 2 is 2.05 bits per heavy atom. The van der Waals surface area contributed by atoms with Gasteiger partial charge in [0.25, 0.3) is 5.91 Å². The van der Waals surface area contributed by atoms with E-state index in [0.717, 1.165) is 6.42 Å². The summed E-state index contributed by atoms with van der Waals surface area (Å²) < 4.78 is 1.63. The predicted molar refractivity (Wildman–Crippen MR) is 75.5 cm³/mol. The fraction of sp³-hybridized carbons (Fsp3) is 0.462.